The van der Waals surface area contributed by atoms with E-state index in [2.05, 4.69) is 5.16 Å². The van der Waals surface area contributed by atoms with Gasteiger partial charge < -0.3 is 15.7 Å². The molecule has 0 aliphatic rings. The van der Waals surface area contributed by atoms with Crippen LogP contribution in [0.3, 0.4) is 0 Å². The van der Waals surface area contributed by atoms with E-state index in [4.69, 9.17) is 15.7 Å². The molecule has 0 atom stereocenters. The van der Waals surface area contributed by atoms with Gasteiger partial charge in [0.05, 0.1) is 11.7 Å². The number of rotatable bonds is 3. The van der Waals surface area contributed by atoms with Crippen LogP contribution >= 0.6 is 0 Å². The summed E-state index contributed by atoms with van der Waals surface area (Å²) < 4.78 is 43.5. The lowest BCUT2D eigenvalue weighted by atomic mass is 10.1. The molecule has 0 unspecified atom stereocenters. The molecule has 7 heteroatoms. The number of ether oxygens (including phenoxy) is 1. The monoisotopic (exact) mass is 262 g/mol. The molecule has 0 amide bonds. The highest BCUT2D eigenvalue weighted by Crippen LogP contribution is 2.37. The molecule has 1 rings (SSSR count). The smallest absolute Gasteiger partial charge is 0.419 e. The van der Waals surface area contributed by atoms with E-state index in [1.165, 1.54) is 6.07 Å². The zero-order valence-corrected chi connectivity index (χ0v) is 9.82. The maximum absolute atomic E-state index is 12.8. The molecule has 0 spiro atoms. The number of halogens is 3. The number of hydrogen-bond acceptors (Lipinski definition) is 3. The van der Waals surface area contributed by atoms with Gasteiger partial charge in [-0.15, -0.1) is 0 Å². The molecule has 3 N–H and O–H groups in total. The van der Waals surface area contributed by atoms with Crippen molar-refractivity contribution in [3.63, 3.8) is 0 Å². The Balaban J connectivity index is 3.30. The highest BCUT2D eigenvalue weighted by molar-refractivity contribution is 5.97. The second kappa shape index (κ2) is 5.16. The second-order valence-electron chi connectivity index (χ2n) is 3.86. The molecule has 0 heterocycles. The summed E-state index contributed by atoms with van der Waals surface area (Å²) in [5, 5.41) is 11.1. The van der Waals surface area contributed by atoms with E-state index in [-0.39, 0.29) is 17.4 Å². The molecule has 18 heavy (non-hydrogen) atoms. The van der Waals surface area contributed by atoms with Gasteiger partial charge in [-0.05, 0) is 32.0 Å². The number of oxime groups is 1. The van der Waals surface area contributed by atoms with Crippen LogP contribution in [0.4, 0.5) is 13.2 Å². The summed E-state index contributed by atoms with van der Waals surface area (Å²) in [4.78, 5) is 0. The Kier molecular flexibility index (Phi) is 4.05. The third-order valence-corrected chi connectivity index (χ3v) is 2.05. The number of benzene rings is 1. The van der Waals surface area contributed by atoms with Crippen LogP contribution in [-0.2, 0) is 6.18 Å². The summed E-state index contributed by atoms with van der Waals surface area (Å²) in [7, 11) is 0. The Bertz CT molecular complexity index is 456. The first kappa shape index (κ1) is 14.1. The van der Waals surface area contributed by atoms with Crippen LogP contribution in [0, 0.1) is 0 Å². The zero-order valence-electron chi connectivity index (χ0n) is 9.82. The fourth-order valence-corrected chi connectivity index (χ4v) is 1.33. The lowest BCUT2D eigenvalue weighted by molar-refractivity contribution is -0.139. The highest BCUT2D eigenvalue weighted by atomic mass is 19.4. The molecule has 1 aromatic carbocycles. The number of amidine groups is 1. The summed E-state index contributed by atoms with van der Waals surface area (Å²) in [6.07, 6.45) is -4.96. The molecule has 0 fully saturated rings. The van der Waals surface area contributed by atoms with Crippen molar-refractivity contribution in [2.45, 2.75) is 26.1 Å². The third kappa shape index (κ3) is 3.28. The molecule has 0 aliphatic heterocycles. The first-order valence-corrected chi connectivity index (χ1v) is 5.11. The first-order valence-electron chi connectivity index (χ1n) is 5.11. The van der Waals surface area contributed by atoms with E-state index < -0.39 is 17.6 Å². The minimum Gasteiger partial charge on any atom is -0.490 e. The third-order valence-electron chi connectivity index (χ3n) is 2.05. The summed E-state index contributed by atoms with van der Waals surface area (Å²) in [6.45, 7) is 3.25. The van der Waals surface area contributed by atoms with Crippen LogP contribution in [0.5, 0.6) is 5.75 Å². The van der Waals surface area contributed by atoms with Crippen molar-refractivity contribution >= 4 is 5.84 Å². The maximum atomic E-state index is 12.8. The molecular weight excluding hydrogens is 249 g/mol. The van der Waals surface area contributed by atoms with E-state index in [1.54, 1.807) is 13.8 Å². The Morgan fingerprint density at radius 1 is 1.39 bits per heavy atom. The van der Waals surface area contributed by atoms with Gasteiger partial charge >= 0.3 is 6.18 Å². The van der Waals surface area contributed by atoms with Gasteiger partial charge in [-0.3, -0.25) is 0 Å². The van der Waals surface area contributed by atoms with Gasteiger partial charge in [-0.2, -0.15) is 13.2 Å². The first-order chi connectivity index (χ1) is 8.25. The van der Waals surface area contributed by atoms with Crippen LogP contribution in [0.2, 0.25) is 0 Å². The van der Waals surface area contributed by atoms with Crippen LogP contribution < -0.4 is 10.5 Å². The molecular formula is C11H13F3N2O2. The Morgan fingerprint density at radius 3 is 2.44 bits per heavy atom. The predicted octanol–water partition coefficient (Wildman–Crippen LogP) is 2.59. The van der Waals surface area contributed by atoms with Gasteiger partial charge in [0.1, 0.15) is 5.75 Å². The van der Waals surface area contributed by atoms with E-state index in [9.17, 15) is 13.2 Å². The standard InChI is InChI=1S/C11H13F3N2O2/c1-6(2)18-9-4-3-7(10(15)16-17)5-8(9)11(12,13)14/h3-6,17H,1-2H3,(H2,15,16). The summed E-state index contributed by atoms with van der Waals surface area (Å²) in [5.41, 5.74) is 4.26. The molecule has 0 aliphatic carbocycles. The van der Waals surface area contributed by atoms with Crippen molar-refractivity contribution in [2.75, 3.05) is 0 Å². The fourth-order valence-electron chi connectivity index (χ4n) is 1.33. The van der Waals surface area contributed by atoms with Crippen LogP contribution in [0.15, 0.2) is 23.4 Å². The van der Waals surface area contributed by atoms with Crippen molar-refractivity contribution in [1.82, 2.24) is 0 Å². The molecule has 0 saturated carbocycles. The van der Waals surface area contributed by atoms with E-state index in [1.807, 2.05) is 0 Å². The summed E-state index contributed by atoms with van der Waals surface area (Å²) in [6, 6.07) is 3.23. The van der Waals surface area contributed by atoms with Gasteiger partial charge in [0.2, 0.25) is 0 Å². The molecule has 4 nitrogen and oxygen atoms in total. The Hall–Kier alpha value is -1.92. The SMILES string of the molecule is CC(C)Oc1ccc(/C(N)=N/O)cc1C(F)(F)F. The lowest BCUT2D eigenvalue weighted by Crippen LogP contribution is -2.17. The number of nitrogens with two attached hydrogens (primary N) is 1. The van der Waals surface area contributed by atoms with Crippen LogP contribution in [0.25, 0.3) is 0 Å². The van der Waals surface area contributed by atoms with Crippen molar-refractivity contribution in [3.8, 4) is 5.75 Å². The van der Waals surface area contributed by atoms with Crippen molar-refractivity contribution in [2.24, 2.45) is 10.9 Å². The van der Waals surface area contributed by atoms with E-state index in [0.29, 0.717) is 0 Å². The van der Waals surface area contributed by atoms with Gasteiger partial charge in [-0.1, -0.05) is 5.16 Å². The predicted molar refractivity (Wildman–Crippen MR) is 59.7 cm³/mol. The van der Waals surface area contributed by atoms with E-state index >= 15 is 0 Å². The topological polar surface area (TPSA) is 67.8 Å². The van der Waals surface area contributed by atoms with Crippen LogP contribution in [0.1, 0.15) is 25.0 Å². The summed E-state index contributed by atoms with van der Waals surface area (Å²) >= 11 is 0. The Labute approximate surface area is 102 Å². The molecule has 0 bridgehead atoms. The van der Waals surface area contributed by atoms with Crippen LogP contribution in [-0.4, -0.2) is 17.1 Å². The largest absolute Gasteiger partial charge is 0.490 e. The van der Waals surface area contributed by atoms with Crippen molar-refractivity contribution in [3.05, 3.63) is 29.3 Å². The molecule has 100 valence electrons. The van der Waals surface area contributed by atoms with Gasteiger partial charge in [0.25, 0.3) is 0 Å². The fraction of sp³-hybridized carbons (Fsp3) is 0.364. The second-order valence-corrected chi connectivity index (χ2v) is 3.86. The lowest BCUT2D eigenvalue weighted by Gasteiger charge is -2.17. The minimum atomic E-state index is -4.57. The molecule has 0 radical (unpaired) electrons. The Morgan fingerprint density at radius 2 is 2.00 bits per heavy atom. The molecule has 0 aromatic heterocycles. The number of hydrogen-bond donors (Lipinski definition) is 2. The minimum absolute atomic E-state index is 0.0269. The van der Waals surface area contributed by atoms with Crippen molar-refractivity contribution in [1.29, 1.82) is 0 Å². The highest BCUT2D eigenvalue weighted by Gasteiger charge is 2.35. The van der Waals surface area contributed by atoms with Gasteiger partial charge in [0, 0.05) is 5.56 Å². The zero-order chi connectivity index (χ0) is 13.9. The van der Waals surface area contributed by atoms with Gasteiger partial charge in [-0.25, -0.2) is 0 Å². The average molecular weight is 262 g/mol. The number of nitrogens with zero attached hydrogens (tertiary/aromatic N) is 1. The summed E-state index contributed by atoms with van der Waals surface area (Å²) in [5.74, 6) is -0.677. The maximum Gasteiger partial charge on any atom is 0.419 e. The molecule has 1 aromatic rings. The van der Waals surface area contributed by atoms with E-state index in [0.717, 1.165) is 12.1 Å². The van der Waals surface area contributed by atoms with Gasteiger partial charge in [0.15, 0.2) is 5.84 Å². The normalized spacial score (nSPS) is 12.9. The average Bonchev–Trinajstić information content (AvgIpc) is 2.26. The quantitative estimate of drug-likeness (QED) is 0.381. The molecule has 0 saturated heterocycles. The number of alkyl halides is 3. The van der Waals surface area contributed by atoms with Crippen molar-refractivity contribution < 1.29 is 23.1 Å².